The third-order valence-corrected chi connectivity index (χ3v) is 3.87. The first kappa shape index (κ1) is 14.8. The summed E-state index contributed by atoms with van der Waals surface area (Å²) in [5.74, 6) is 0.157. The minimum absolute atomic E-state index is 0.157. The molecule has 0 radical (unpaired) electrons. The number of rotatable bonds is 5. The summed E-state index contributed by atoms with van der Waals surface area (Å²) in [6.07, 6.45) is 5.08. The molecule has 1 aromatic carbocycles. The SMILES string of the molecule is CC(=Cc1ccccc1)CNC(=O)CC1CCCN1C. The predicted octanol–water partition coefficient (Wildman–Crippen LogP) is 2.69. The van der Waals surface area contributed by atoms with E-state index in [0.29, 0.717) is 19.0 Å². The summed E-state index contributed by atoms with van der Waals surface area (Å²) in [7, 11) is 2.10. The van der Waals surface area contributed by atoms with Gasteiger partial charge in [-0.05, 0) is 38.9 Å². The van der Waals surface area contributed by atoms with Gasteiger partial charge in [0.15, 0.2) is 0 Å². The van der Waals surface area contributed by atoms with E-state index in [4.69, 9.17) is 0 Å². The molecule has 1 heterocycles. The molecule has 1 aromatic rings. The van der Waals surface area contributed by atoms with Crippen LogP contribution in [0.15, 0.2) is 35.9 Å². The fourth-order valence-electron chi connectivity index (χ4n) is 2.65. The number of benzene rings is 1. The van der Waals surface area contributed by atoms with E-state index in [2.05, 4.69) is 42.4 Å². The Bertz CT molecular complexity index is 467. The molecule has 1 atom stereocenters. The van der Waals surface area contributed by atoms with Crippen LogP contribution >= 0.6 is 0 Å². The third-order valence-electron chi connectivity index (χ3n) is 3.87. The number of likely N-dealkylation sites (tertiary alicyclic amines) is 1. The summed E-state index contributed by atoms with van der Waals surface area (Å²) in [5, 5.41) is 3.02. The highest BCUT2D eigenvalue weighted by Gasteiger charge is 2.22. The summed E-state index contributed by atoms with van der Waals surface area (Å²) in [6, 6.07) is 10.6. The van der Waals surface area contributed by atoms with Gasteiger partial charge in [-0.25, -0.2) is 0 Å². The molecule has 0 aliphatic carbocycles. The van der Waals surface area contributed by atoms with Gasteiger partial charge in [0.05, 0.1) is 0 Å². The number of nitrogens with one attached hydrogen (secondary N) is 1. The monoisotopic (exact) mass is 272 g/mol. The van der Waals surface area contributed by atoms with E-state index in [1.165, 1.54) is 17.6 Å². The van der Waals surface area contributed by atoms with Crippen molar-refractivity contribution in [1.82, 2.24) is 10.2 Å². The van der Waals surface area contributed by atoms with Gasteiger partial charge in [0, 0.05) is 19.0 Å². The maximum Gasteiger partial charge on any atom is 0.221 e. The van der Waals surface area contributed by atoms with Crippen LogP contribution in [0.1, 0.15) is 31.7 Å². The Morgan fingerprint density at radius 1 is 1.40 bits per heavy atom. The first-order valence-corrected chi connectivity index (χ1v) is 7.34. The Morgan fingerprint density at radius 3 is 2.80 bits per heavy atom. The van der Waals surface area contributed by atoms with Gasteiger partial charge >= 0.3 is 0 Å². The number of amides is 1. The third kappa shape index (κ3) is 4.49. The van der Waals surface area contributed by atoms with Gasteiger partial charge in [0.2, 0.25) is 5.91 Å². The average molecular weight is 272 g/mol. The first-order valence-electron chi connectivity index (χ1n) is 7.34. The zero-order chi connectivity index (χ0) is 14.4. The van der Waals surface area contributed by atoms with Gasteiger partial charge < -0.3 is 10.2 Å². The highest BCUT2D eigenvalue weighted by molar-refractivity contribution is 5.77. The summed E-state index contributed by atoms with van der Waals surface area (Å²) < 4.78 is 0. The topological polar surface area (TPSA) is 32.3 Å². The van der Waals surface area contributed by atoms with Gasteiger partial charge in [0.25, 0.3) is 0 Å². The molecule has 0 saturated carbocycles. The van der Waals surface area contributed by atoms with Crippen LogP contribution in [0.2, 0.25) is 0 Å². The van der Waals surface area contributed by atoms with E-state index < -0.39 is 0 Å². The van der Waals surface area contributed by atoms with Crippen molar-refractivity contribution in [3.8, 4) is 0 Å². The molecule has 0 bridgehead atoms. The van der Waals surface area contributed by atoms with E-state index >= 15 is 0 Å². The molecule has 1 N–H and O–H groups in total. The van der Waals surface area contributed by atoms with Crippen molar-refractivity contribution < 1.29 is 4.79 Å². The van der Waals surface area contributed by atoms with Crippen LogP contribution in [0.4, 0.5) is 0 Å². The molecular weight excluding hydrogens is 248 g/mol. The van der Waals surface area contributed by atoms with Gasteiger partial charge in [-0.1, -0.05) is 42.0 Å². The largest absolute Gasteiger partial charge is 0.352 e. The Hall–Kier alpha value is -1.61. The highest BCUT2D eigenvalue weighted by Crippen LogP contribution is 2.17. The molecule has 3 nitrogen and oxygen atoms in total. The second-order valence-electron chi connectivity index (χ2n) is 5.66. The fraction of sp³-hybridized carbons (Fsp3) is 0.471. The first-order chi connectivity index (χ1) is 9.65. The number of hydrogen-bond acceptors (Lipinski definition) is 2. The molecule has 1 aliphatic rings. The Morgan fingerprint density at radius 2 is 2.15 bits per heavy atom. The van der Waals surface area contributed by atoms with Crippen molar-refractivity contribution in [3.63, 3.8) is 0 Å². The smallest absolute Gasteiger partial charge is 0.221 e. The van der Waals surface area contributed by atoms with Crippen molar-refractivity contribution in [2.75, 3.05) is 20.1 Å². The van der Waals surface area contributed by atoms with Crippen molar-refractivity contribution in [1.29, 1.82) is 0 Å². The Kier molecular flexibility index (Phi) is 5.36. The molecule has 1 saturated heterocycles. The van der Waals surface area contributed by atoms with E-state index in [0.717, 1.165) is 13.0 Å². The standard InChI is InChI=1S/C17H24N2O/c1-14(11-15-7-4-3-5-8-15)13-18-17(20)12-16-9-6-10-19(16)2/h3-5,7-8,11,16H,6,9-10,12-13H2,1-2H3,(H,18,20). The van der Waals surface area contributed by atoms with Crippen LogP contribution in [0.5, 0.6) is 0 Å². The molecule has 1 aliphatic heterocycles. The minimum Gasteiger partial charge on any atom is -0.352 e. The lowest BCUT2D eigenvalue weighted by molar-refractivity contribution is -0.121. The maximum absolute atomic E-state index is 11.9. The van der Waals surface area contributed by atoms with Crippen LogP contribution in [0, 0.1) is 0 Å². The van der Waals surface area contributed by atoms with Crippen LogP contribution < -0.4 is 5.32 Å². The van der Waals surface area contributed by atoms with Crippen molar-refractivity contribution >= 4 is 12.0 Å². The Balaban J connectivity index is 1.77. The molecule has 1 fully saturated rings. The van der Waals surface area contributed by atoms with E-state index in [-0.39, 0.29) is 5.91 Å². The maximum atomic E-state index is 11.9. The summed E-state index contributed by atoms with van der Waals surface area (Å²) >= 11 is 0. The molecular formula is C17H24N2O. The lowest BCUT2D eigenvalue weighted by atomic mass is 10.1. The molecule has 0 spiro atoms. The molecule has 1 unspecified atom stereocenters. The van der Waals surface area contributed by atoms with E-state index in [1.54, 1.807) is 0 Å². The van der Waals surface area contributed by atoms with Crippen molar-refractivity contribution in [2.45, 2.75) is 32.2 Å². The quantitative estimate of drug-likeness (QED) is 0.894. The number of hydrogen-bond donors (Lipinski definition) is 1. The minimum atomic E-state index is 0.157. The zero-order valence-corrected chi connectivity index (χ0v) is 12.4. The summed E-state index contributed by atoms with van der Waals surface area (Å²) in [5.41, 5.74) is 2.35. The van der Waals surface area contributed by atoms with Crippen LogP contribution in [0.25, 0.3) is 6.08 Å². The normalized spacial score (nSPS) is 20.1. The van der Waals surface area contributed by atoms with Crippen molar-refractivity contribution in [3.05, 3.63) is 41.5 Å². The molecule has 0 aromatic heterocycles. The number of nitrogens with zero attached hydrogens (tertiary/aromatic N) is 1. The number of carbonyl (C=O) groups is 1. The van der Waals surface area contributed by atoms with Crippen molar-refractivity contribution in [2.24, 2.45) is 0 Å². The van der Waals surface area contributed by atoms with Crippen LogP contribution in [-0.2, 0) is 4.79 Å². The molecule has 1 amide bonds. The molecule has 3 heteroatoms. The average Bonchev–Trinajstić information content (AvgIpc) is 2.83. The van der Waals surface area contributed by atoms with E-state index in [1.807, 2.05) is 18.2 Å². The fourth-order valence-corrected chi connectivity index (χ4v) is 2.65. The lowest BCUT2D eigenvalue weighted by Gasteiger charge is -2.18. The van der Waals surface area contributed by atoms with E-state index in [9.17, 15) is 4.79 Å². The van der Waals surface area contributed by atoms with Gasteiger partial charge in [-0.15, -0.1) is 0 Å². The van der Waals surface area contributed by atoms with Crippen LogP contribution in [0.3, 0.4) is 0 Å². The van der Waals surface area contributed by atoms with Gasteiger partial charge in [0.1, 0.15) is 0 Å². The highest BCUT2D eigenvalue weighted by atomic mass is 16.1. The van der Waals surface area contributed by atoms with Crippen LogP contribution in [-0.4, -0.2) is 37.0 Å². The molecule has 2 rings (SSSR count). The second kappa shape index (κ2) is 7.25. The van der Waals surface area contributed by atoms with Gasteiger partial charge in [-0.2, -0.15) is 0 Å². The second-order valence-corrected chi connectivity index (χ2v) is 5.66. The molecule has 20 heavy (non-hydrogen) atoms. The lowest BCUT2D eigenvalue weighted by Crippen LogP contribution is -2.33. The van der Waals surface area contributed by atoms with Gasteiger partial charge in [-0.3, -0.25) is 4.79 Å². The zero-order valence-electron chi connectivity index (χ0n) is 12.4. The summed E-state index contributed by atoms with van der Waals surface area (Å²) in [6.45, 7) is 3.80. The molecule has 108 valence electrons. The predicted molar refractivity (Wildman–Crippen MR) is 83.4 cm³/mol. The number of carbonyl (C=O) groups excluding carboxylic acids is 1. The summed E-state index contributed by atoms with van der Waals surface area (Å²) in [4.78, 5) is 14.2. The Labute approximate surface area is 121 Å².